The minimum Gasteiger partial charge on any atom is -0.494 e. The number of amides is 1. The van der Waals surface area contributed by atoms with Crippen molar-refractivity contribution in [3.8, 4) is 5.75 Å². The molecule has 19 heavy (non-hydrogen) atoms. The van der Waals surface area contributed by atoms with Crippen molar-refractivity contribution in [2.24, 2.45) is 0 Å². The summed E-state index contributed by atoms with van der Waals surface area (Å²) in [6.45, 7) is 4.83. The highest BCUT2D eigenvalue weighted by Gasteiger charge is 1.99. The number of hydroxylamine groups is 1. The number of hydrogen-bond donors (Lipinski definition) is 2. The van der Waals surface area contributed by atoms with E-state index in [0.717, 1.165) is 31.4 Å². The largest absolute Gasteiger partial charge is 0.494 e. The van der Waals surface area contributed by atoms with Crippen molar-refractivity contribution < 1.29 is 14.7 Å². The number of unbranched alkanes of at least 4 members (excludes halogenated alkanes) is 3. The molecule has 0 aromatic heterocycles. The Kier molecular flexibility index (Phi) is 6.97. The molecule has 4 heteroatoms. The van der Waals surface area contributed by atoms with Gasteiger partial charge in [0, 0.05) is 6.42 Å². The van der Waals surface area contributed by atoms with Crippen LogP contribution in [0.25, 0.3) is 0 Å². The van der Waals surface area contributed by atoms with Crippen LogP contribution in [-0.2, 0) is 4.79 Å². The van der Waals surface area contributed by atoms with Crippen molar-refractivity contribution in [2.45, 2.75) is 46.0 Å². The summed E-state index contributed by atoms with van der Waals surface area (Å²) >= 11 is 0. The van der Waals surface area contributed by atoms with Crippen LogP contribution in [-0.4, -0.2) is 17.7 Å². The Morgan fingerprint density at radius 1 is 1.11 bits per heavy atom. The van der Waals surface area contributed by atoms with E-state index in [2.05, 4.69) is 19.9 Å². The van der Waals surface area contributed by atoms with Gasteiger partial charge in [0.1, 0.15) is 5.75 Å². The lowest BCUT2D eigenvalue weighted by molar-refractivity contribution is -0.129. The summed E-state index contributed by atoms with van der Waals surface area (Å²) in [6, 6.07) is 6.20. The summed E-state index contributed by atoms with van der Waals surface area (Å²) in [5, 5.41) is 8.33. The standard InChI is InChI=1S/C15H23NO3/c1-12-9-13(2)11-14(10-12)19-8-6-4-3-5-7-15(17)16-18/h9-11,18H,3-8H2,1-2H3,(H,16,17). The predicted octanol–water partition coefficient (Wildman–Crippen LogP) is 3.14. The van der Waals surface area contributed by atoms with Crippen LogP contribution < -0.4 is 10.2 Å². The number of carbonyl (C=O) groups is 1. The zero-order valence-electron chi connectivity index (χ0n) is 11.7. The molecule has 2 N–H and O–H groups in total. The highest BCUT2D eigenvalue weighted by molar-refractivity contribution is 5.74. The van der Waals surface area contributed by atoms with Crippen molar-refractivity contribution in [1.82, 2.24) is 5.48 Å². The zero-order chi connectivity index (χ0) is 14.1. The van der Waals surface area contributed by atoms with Gasteiger partial charge in [-0.1, -0.05) is 18.9 Å². The van der Waals surface area contributed by atoms with E-state index in [9.17, 15) is 4.79 Å². The van der Waals surface area contributed by atoms with Crippen LogP contribution in [0.15, 0.2) is 18.2 Å². The lowest BCUT2D eigenvalue weighted by Gasteiger charge is -2.08. The van der Waals surface area contributed by atoms with Gasteiger partial charge >= 0.3 is 0 Å². The van der Waals surface area contributed by atoms with Gasteiger partial charge in [-0.25, -0.2) is 5.48 Å². The van der Waals surface area contributed by atoms with Crippen LogP contribution in [0.1, 0.15) is 43.2 Å². The molecule has 0 aliphatic carbocycles. The Morgan fingerprint density at radius 2 is 1.74 bits per heavy atom. The number of aryl methyl sites for hydroxylation is 2. The monoisotopic (exact) mass is 265 g/mol. The maximum atomic E-state index is 10.8. The smallest absolute Gasteiger partial charge is 0.243 e. The molecule has 0 saturated carbocycles. The number of ether oxygens (including phenoxy) is 1. The van der Waals surface area contributed by atoms with E-state index in [1.54, 1.807) is 5.48 Å². The summed E-state index contributed by atoms with van der Waals surface area (Å²) in [4.78, 5) is 10.8. The molecule has 0 aliphatic heterocycles. The maximum Gasteiger partial charge on any atom is 0.243 e. The van der Waals surface area contributed by atoms with Crippen LogP contribution in [0.2, 0.25) is 0 Å². The number of nitrogens with one attached hydrogen (secondary N) is 1. The molecule has 0 saturated heterocycles. The Hall–Kier alpha value is -1.55. The molecule has 0 spiro atoms. The molecule has 1 aromatic carbocycles. The van der Waals surface area contributed by atoms with Crippen LogP contribution in [0, 0.1) is 13.8 Å². The second-order valence-corrected chi connectivity index (χ2v) is 4.87. The van der Waals surface area contributed by atoms with Crippen LogP contribution >= 0.6 is 0 Å². The number of carbonyl (C=O) groups excluding carboxylic acids is 1. The molecule has 1 aromatic rings. The average Bonchev–Trinajstić information content (AvgIpc) is 2.36. The van der Waals surface area contributed by atoms with E-state index in [1.807, 2.05) is 12.1 Å². The molecule has 4 nitrogen and oxygen atoms in total. The molecular weight excluding hydrogens is 242 g/mol. The van der Waals surface area contributed by atoms with Gasteiger partial charge in [-0.3, -0.25) is 10.0 Å². The number of rotatable bonds is 8. The number of benzene rings is 1. The van der Waals surface area contributed by atoms with Crippen LogP contribution in [0.5, 0.6) is 5.75 Å². The molecule has 0 unspecified atom stereocenters. The van der Waals surface area contributed by atoms with Gasteiger partial charge in [0.15, 0.2) is 0 Å². The van der Waals surface area contributed by atoms with Crippen molar-refractivity contribution in [2.75, 3.05) is 6.61 Å². The lowest BCUT2D eigenvalue weighted by atomic mass is 10.1. The Bertz CT molecular complexity index is 384. The van der Waals surface area contributed by atoms with Crippen LogP contribution in [0.3, 0.4) is 0 Å². The molecule has 0 bridgehead atoms. The van der Waals surface area contributed by atoms with E-state index in [0.29, 0.717) is 13.0 Å². The van der Waals surface area contributed by atoms with E-state index in [-0.39, 0.29) is 5.91 Å². The molecule has 0 aliphatic rings. The van der Waals surface area contributed by atoms with Gasteiger partial charge in [-0.15, -0.1) is 0 Å². The normalized spacial score (nSPS) is 10.3. The first-order valence-corrected chi connectivity index (χ1v) is 6.76. The highest BCUT2D eigenvalue weighted by Crippen LogP contribution is 2.16. The highest BCUT2D eigenvalue weighted by atomic mass is 16.5. The van der Waals surface area contributed by atoms with Crippen molar-refractivity contribution >= 4 is 5.91 Å². The molecule has 0 fully saturated rings. The minimum atomic E-state index is -0.313. The fourth-order valence-corrected chi connectivity index (χ4v) is 2.00. The quantitative estimate of drug-likeness (QED) is 0.431. The molecule has 0 radical (unpaired) electrons. The maximum absolute atomic E-state index is 10.8. The first-order chi connectivity index (χ1) is 9.11. The van der Waals surface area contributed by atoms with E-state index in [4.69, 9.17) is 9.94 Å². The average molecular weight is 265 g/mol. The molecule has 0 heterocycles. The molecule has 1 amide bonds. The SMILES string of the molecule is Cc1cc(C)cc(OCCCCCCC(=O)NO)c1. The Balaban J connectivity index is 2.09. The third-order valence-corrected chi connectivity index (χ3v) is 2.89. The zero-order valence-corrected chi connectivity index (χ0v) is 11.7. The van der Waals surface area contributed by atoms with Gasteiger partial charge in [0.2, 0.25) is 5.91 Å². The van der Waals surface area contributed by atoms with Gasteiger partial charge < -0.3 is 4.74 Å². The minimum absolute atomic E-state index is 0.313. The van der Waals surface area contributed by atoms with E-state index >= 15 is 0 Å². The summed E-state index contributed by atoms with van der Waals surface area (Å²) in [7, 11) is 0. The van der Waals surface area contributed by atoms with E-state index < -0.39 is 0 Å². The molecular formula is C15H23NO3. The Morgan fingerprint density at radius 3 is 2.37 bits per heavy atom. The third-order valence-electron chi connectivity index (χ3n) is 2.89. The fraction of sp³-hybridized carbons (Fsp3) is 0.533. The Labute approximate surface area is 114 Å². The topological polar surface area (TPSA) is 58.6 Å². The fourth-order valence-electron chi connectivity index (χ4n) is 2.00. The summed E-state index contributed by atoms with van der Waals surface area (Å²) in [5.74, 6) is 0.614. The molecule has 1 rings (SSSR count). The first-order valence-electron chi connectivity index (χ1n) is 6.76. The van der Waals surface area contributed by atoms with Gasteiger partial charge in [-0.05, 0) is 49.9 Å². The van der Waals surface area contributed by atoms with Crippen LogP contribution in [0.4, 0.5) is 0 Å². The predicted molar refractivity (Wildman–Crippen MR) is 74.4 cm³/mol. The first kappa shape index (κ1) is 15.5. The summed E-state index contributed by atoms with van der Waals surface area (Å²) in [5.41, 5.74) is 4.06. The summed E-state index contributed by atoms with van der Waals surface area (Å²) < 4.78 is 5.70. The second kappa shape index (κ2) is 8.53. The van der Waals surface area contributed by atoms with Crippen molar-refractivity contribution in [3.63, 3.8) is 0 Å². The second-order valence-electron chi connectivity index (χ2n) is 4.87. The van der Waals surface area contributed by atoms with Gasteiger partial charge in [0.05, 0.1) is 6.61 Å². The lowest BCUT2D eigenvalue weighted by Crippen LogP contribution is -2.17. The van der Waals surface area contributed by atoms with Crippen molar-refractivity contribution in [3.05, 3.63) is 29.3 Å². The molecule has 0 atom stereocenters. The van der Waals surface area contributed by atoms with Crippen molar-refractivity contribution in [1.29, 1.82) is 0 Å². The van der Waals surface area contributed by atoms with Gasteiger partial charge in [0.25, 0.3) is 0 Å². The number of hydrogen-bond acceptors (Lipinski definition) is 3. The van der Waals surface area contributed by atoms with Gasteiger partial charge in [-0.2, -0.15) is 0 Å². The summed E-state index contributed by atoms with van der Waals surface area (Å²) in [6.07, 6.45) is 4.17. The van der Waals surface area contributed by atoms with E-state index in [1.165, 1.54) is 11.1 Å². The molecule has 106 valence electrons. The third kappa shape index (κ3) is 6.82.